The molecule has 0 heterocycles. The highest BCUT2D eigenvalue weighted by atomic mass is 19.1. The van der Waals surface area contributed by atoms with Crippen LogP contribution in [0.5, 0.6) is 0 Å². The van der Waals surface area contributed by atoms with Crippen molar-refractivity contribution in [3.8, 4) is 0 Å². The van der Waals surface area contributed by atoms with Gasteiger partial charge in [-0.3, -0.25) is 9.59 Å². The molecule has 18 heavy (non-hydrogen) atoms. The number of carbonyl (C=O) groups excluding carboxylic acids is 2. The Morgan fingerprint density at radius 2 is 1.78 bits per heavy atom. The third-order valence-electron chi connectivity index (χ3n) is 3.26. The van der Waals surface area contributed by atoms with Gasteiger partial charge < -0.3 is 5.32 Å². The third-order valence-corrected chi connectivity index (χ3v) is 3.26. The van der Waals surface area contributed by atoms with Crippen LogP contribution in [0, 0.1) is 5.82 Å². The van der Waals surface area contributed by atoms with Crippen molar-refractivity contribution < 1.29 is 14.0 Å². The molecule has 1 aromatic carbocycles. The van der Waals surface area contributed by atoms with Gasteiger partial charge in [0, 0.05) is 17.2 Å². The smallest absolute Gasteiger partial charge is 0.251 e. The van der Waals surface area contributed by atoms with Crippen LogP contribution in [0.25, 0.3) is 0 Å². The molecule has 0 aliphatic heterocycles. The summed E-state index contributed by atoms with van der Waals surface area (Å²) >= 11 is 0. The largest absolute Gasteiger partial charge is 0.349 e. The average Bonchev–Trinajstić information content (AvgIpc) is 2.80. The van der Waals surface area contributed by atoms with Crippen LogP contribution in [0.2, 0.25) is 0 Å². The first-order valence-corrected chi connectivity index (χ1v) is 6.18. The summed E-state index contributed by atoms with van der Waals surface area (Å²) in [4.78, 5) is 23.2. The van der Waals surface area contributed by atoms with Gasteiger partial charge in [-0.1, -0.05) is 12.8 Å². The summed E-state index contributed by atoms with van der Waals surface area (Å²) in [7, 11) is 0. The second kappa shape index (κ2) is 5.29. The van der Waals surface area contributed by atoms with Crippen molar-refractivity contribution in [2.45, 2.75) is 38.6 Å². The van der Waals surface area contributed by atoms with E-state index in [-0.39, 0.29) is 28.9 Å². The predicted molar refractivity (Wildman–Crippen MR) is 66.1 cm³/mol. The highest BCUT2D eigenvalue weighted by molar-refractivity contribution is 5.99. The molecule has 4 heteroatoms. The van der Waals surface area contributed by atoms with Crippen LogP contribution in [0.1, 0.15) is 53.3 Å². The quantitative estimate of drug-likeness (QED) is 0.837. The van der Waals surface area contributed by atoms with Gasteiger partial charge in [0.15, 0.2) is 5.78 Å². The Balaban J connectivity index is 2.16. The lowest BCUT2D eigenvalue weighted by molar-refractivity contribution is 0.0937. The molecule has 1 amide bonds. The van der Waals surface area contributed by atoms with E-state index in [2.05, 4.69) is 5.32 Å². The van der Waals surface area contributed by atoms with Crippen molar-refractivity contribution in [3.05, 3.63) is 35.1 Å². The number of ketones is 1. The fourth-order valence-electron chi connectivity index (χ4n) is 2.26. The maximum Gasteiger partial charge on any atom is 0.251 e. The molecule has 0 radical (unpaired) electrons. The van der Waals surface area contributed by atoms with Crippen LogP contribution < -0.4 is 5.32 Å². The number of benzene rings is 1. The number of hydrogen-bond donors (Lipinski definition) is 1. The van der Waals surface area contributed by atoms with Crippen molar-refractivity contribution in [3.63, 3.8) is 0 Å². The van der Waals surface area contributed by atoms with Crippen LogP contribution in [0.4, 0.5) is 4.39 Å². The average molecular weight is 249 g/mol. The normalized spacial score (nSPS) is 15.7. The van der Waals surface area contributed by atoms with Gasteiger partial charge >= 0.3 is 0 Å². The van der Waals surface area contributed by atoms with Gasteiger partial charge in [-0.05, 0) is 38.0 Å². The minimum atomic E-state index is -0.556. The van der Waals surface area contributed by atoms with E-state index in [1.54, 1.807) is 0 Å². The third kappa shape index (κ3) is 2.94. The molecule has 1 fully saturated rings. The first-order valence-electron chi connectivity index (χ1n) is 6.18. The minimum absolute atomic E-state index is 0.182. The van der Waals surface area contributed by atoms with E-state index in [1.165, 1.54) is 13.0 Å². The highest BCUT2D eigenvalue weighted by Gasteiger charge is 2.18. The van der Waals surface area contributed by atoms with E-state index in [0.29, 0.717) is 0 Å². The Morgan fingerprint density at radius 3 is 2.39 bits per heavy atom. The van der Waals surface area contributed by atoms with Gasteiger partial charge in [0.25, 0.3) is 5.91 Å². The van der Waals surface area contributed by atoms with E-state index in [0.717, 1.165) is 37.8 Å². The zero-order valence-electron chi connectivity index (χ0n) is 10.3. The fourth-order valence-corrected chi connectivity index (χ4v) is 2.26. The number of nitrogens with one attached hydrogen (secondary N) is 1. The monoisotopic (exact) mass is 249 g/mol. The minimum Gasteiger partial charge on any atom is -0.349 e. The number of carbonyl (C=O) groups is 2. The first kappa shape index (κ1) is 12.7. The topological polar surface area (TPSA) is 46.2 Å². The SMILES string of the molecule is CC(=O)c1cc(F)cc(C(=O)NC2CCCC2)c1. The number of halogens is 1. The molecule has 0 saturated heterocycles. The molecule has 2 rings (SSSR count). The molecule has 96 valence electrons. The van der Waals surface area contributed by atoms with Crippen LogP contribution in [0.15, 0.2) is 18.2 Å². The Bertz CT molecular complexity index is 479. The van der Waals surface area contributed by atoms with Gasteiger partial charge in [0.2, 0.25) is 0 Å². The maximum absolute atomic E-state index is 13.3. The second-order valence-electron chi connectivity index (χ2n) is 4.74. The molecular weight excluding hydrogens is 233 g/mol. The van der Waals surface area contributed by atoms with Crippen molar-refractivity contribution in [2.75, 3.05) is 0 Å². The second-order valence-corrected chi connectivity index (χ2v) is 4.74. The van der Waals surface area contributed by atoms with E-state index in [1.807, 2.05) is 0 Å². The fraction of sp³-hybridized carbons (Fsp3) is 0.429. The zero-order chi connectivity index (χ0) is 13.1. The molecule has 0 bridgehead atoms. The lowest BCUT2D eigenvalue weighted by atomic mass is 10.1. The Hall–Kier alpha value is -1.71. The summed E-state index contributed by atoms with van der Waals surface area (Å²) in [6.45, 7) is 1.35. The van der Waals surface area contributed by atoms with Crippen LogP contribution in [-0.4, -0.2) is 17.7 Å². The van der Waals surface area contributed by atoms with E-state index in [9.17, 15) is 14.0 Å². The lowest BCUT2D eigenvalue weighted by Crippen LogP contribution is -2.32. The van der Waals surface area contributed by atoms with Crippen LogP contribution in [-0.2, 0) is 0 Å². The molecule has 0 aromatic heterocycles. The molecule has 3 nitrogen and oxygen atoms in total. The standard InChI is InChI=1S/C14H16FNO2/c1-9(17)10-6-11(8-12(15)7-10)14(18)16-13-4-2-3-5-13/h6-8,13H,2-5H2,1H3,(H,16,18). The molecule has 1 saturated carbocycles. The summed E-state index contributed by atoms with van der Waals surface area (Å²) in [6, 6.07) is 3.93. The summed E-state index contributed by atoms with van der Waals surface area (Å²) in [5.74, 6) is -1.10. The van der Waals surface area contributed by atoms with Gasteiger partial charge in [0.05, 0.1) is 0 Å². The number of amides is 1. The Labute approximate surface area is 105 Å². The molecule has 1 N–H and O–H groups in total. The summed E-state index contributed by atoms with van der Waals surface area (Å²) in [5.41, 5.74) is 0.443. The highest BCUT2D eigenvalue weighted by Crippen LogP contribution is 2.18. The molecule has 0 unspecified atom stereocenters. The van der Waals surface area contributed by atoms with E-state index >= 15 is 0 Å². The molecular formula is C14H16FNO2. The summed E-state index contributed by atoms with van der Waals surface area (Å²) in [5, 5.41) is 2.87. The summed E-state index contributed by atoms with van der Waals surface area (Å²) in [6.07, 6.45) is 4.18. The predicted octanol–water partition coefficient (Wildman–Crippen LogP) is 2.70. The van der Waals surface area contributed by atoms with Crippen molar-refractivity contribution >= 4 is 11.7 Å². The van der Waals surface area contributed by atoms with Crippen molar-refractivity contribution in [1.29, 1.82) is 0 Å². The number of hydrogen-bond acceptors (Lipinski definition) is 2. The molecule has 0 atom stereocenters. The van der Waals surface area contributed by atoms with Gasteiger partial charge in [-0.15, -0.1) is 0 Å². The zero-order valence-corrected chi connectivity index (χ0v) is 10.3. The van der Waals surface area contributed by atoms with E-state index in [4.69, 9.17) is 0 Å². The van der Waals surface area contributed by atoms with Crippen LogP contribution >= 0.6 is 0 Å². The Kier molecular flexibility index (Phi) is 3.75. The van der Waals surface area contributed by atoms with Crippen molar-refractivity contribution in [2.24, 2.45) is 0 Å². The molecule has 1 aliphatic rings. The maximum atomic E-state index is 13.3. The molecule has 1 aromatic rings. The van der Waals surface area contributed by atoms with Gasteiger partial charge in [-0.25, -0.2) is 4.39 Å². The molecule has 1 aliphatic carbocycles. The number of rotatable bonds is 3. The Morgan fingerprint density at radius 1 is 1.17 bits per heavy atom. The van der Waals surface area contributed by atoms with Gasteiger partial charge in [0.1, 0.15) is 5.82 Å². The van der Waals surface area contributed by atoms with E-state index < -0.39 is 5.82 Å². The van der Waals surface area contributed by atoms with Crippen molar-refractivity contribution in [1.82, 2.24) is 5.32 Å². The van der Waals surface area contributed by atoms with Crippen LogP contribution in [0.3, 0.4) is 0 Å². The number of Topliss-reactive ketones (excluding diaryl/α,β-unsaturated/α-hetero) is 1. The van der Waals surface area contributed by atoms with Gasteiger partial charge in [-0.2, -0.15) is 0 Å². The first-order chi connectivity index (χ1) is 8.56. The molecule has 0 spiro atoms. The lowest BCUT2D eigenvalue weighted by Gasteiger charge is -2.12. The summed E-state index contributed by atoms with van der Waals surface area (Å²) < 4.78 is 13.3.